The summed E-state index contributed by atoms with van der Waals surface area (Å²) in [6.07, 6.45) is 2.62. The van der Waals surface area contributed by atoms with Crippen molar-refractivity contribution in [2.24, 2.45) is 11.8 Å². The van der Waals surface area contributed by atoms with Gasteiger partial charge in [-0.05, 0) is 34.9 Å². The van der Waals surface area contributed by atoms with Crippen molar-refractivity contribution in [3.8, 4) is 11.1 Å². The van der Waals surface area contributed by atoms with E-state index in [0.717, 1.165) is 11.8 Å². The van der Waals surface area contributed by atoms with E-state index < -0.39 is 34.9 Å². The second kappa shape index (κ2) is 8.56. The quantitative estimate of drug-likeness (QED) is 0.411. The molecule has 2 N–H and O–H groups in total. The minimum atomic E-state index is -1.67. The normalized spacial score (nSPS) is 23.5. The van der Waals surface area contributed by atoms with E-state index in [9.17, 15) is 9.50 Å². The summed E-state index contributed by atoms with van der Waals surface area (Å²) in [5.41, 5.74) is -0.0297. The summed E-state index contributed by atoms with van der Waals surface area (Å²) < 4.78 is 45.3. The van der Waals surface area contributed by atoms with Crippen molar-refractivity contribution in [1.29, 1.82) is 0 Å². The Kier molecular flexibility index (Phi) is 5.70. The SMILES string of the molecule is C[C@@H]1CN(Cc2ccccc2)C[C@H](C)C1(O)c1c(F)cc(-c2ccnc3[nH]cc(F)c23)cc1F. The molecule has 0 radical (unpaired) electrons. The van der Waals surface area contributed by atoms with Gasteiger partial charge < -0.3 is 10.1 Å². The summed E-state index contributed by atoms with van der Waals surface area (Å²) in [6, 6.07) is 13.9. The molecule has 1 unspecified atom stereocenters. The molecule has 1 saturated heterocycles. The van der Waals surface area contributed by atoms with Gasteiger partial charge in [-0.25, -0.2) is 18.2 Å². The first kappa shape index (κ1) is 22.6. The first-order chi connectivity index (χ1) is 16.3. The van der Waals surface area contributed by atoms with Crippen LogP contribution < -0.4 is 0 Å². The first-order valence-corrected chi connectivity index (χ1v) is 11.4. The molecular weight excluding hydrogens is 439 g/mol. The number of piperidine rings is 1. The highest BCUT2D eigenvalue weighted by Crippen LogP contribution is 2.45. The maximum Gasteiger partial charge on any atom is 0.150 e. The molecule has 0 saturated carbocycles. The maximum absolute atomic E-state index is 15.5. The van der Waals surface area contributed by atoms with E-state index >= 15 is 8.78 Å². The van der Waals surface area contributed by atoms with Gasteiger partial charge in [0.25, 0.3) is 0 Å². The van der Waals surface area contributed by atoms with Crippen LogP contribution in [0.1, 0.15) is 25.0 Å². The average molecular weight is 466 g/mol. The van der Waals surface area contributed by atoms with Crippen LogP contribution in [-0.2, 0) is 12.1 Å². The van der Waals surface area contributed by atoms with Crippen LogP contribution in [0.4, 0.5) is 13.2 Å². The van der Waals surface area contributed by atoms with Gasteiger partial charge in [-0.3, -0.25) is 4.90 Å². The number of rotatable bonds is 4. The van der Waals surface area contributed by atoms with Gasteiger partial charge in [-0.2, -0.15) is 0 Å². The van der Waals surface area contributed by atoms with Gasteiger partial charge in [-0.15, -0.1) is 0 Å². The number of H-pyrrole nitrogens is 1. The molecule has 0 spiro atoms. The number of aromatic amines is 1. The second-order valence-corrected chi connectivity index (χ2v) is 9.34. The largest absolute Gasteiger partial charge is 0.384 e. The van der Waals surface area contributed by atoms with Crippen LogP contribution in [0.5, 0.6) is 0 Å². The van der Waals surface area contributed by atoms with Crippen molar-refractivity contribution in [3.05, 3.63) is 89.5 Å². The zero-order valence-electron chi connectivity index (χ0n) is 19.0. The van der Waals surface area contributed by atoms with E-state index in [2.05, 4.69) is 14.9 Å². The molecule has 7 heteroatoms. The van der Waals surface area contributed by atoms with Crippen LogP contribution in [0.15, 0.2) is 60.9 Å². The molecule has 0 bridgehead atoms. The number of fused-ring (bicyclic) bond motifs is 1. The van der Waals surface area contributed by atoms with Gasteiger partial charge in [0.1, 0.15) is 22.9 Å². The molecular formula is C27H26F3N3O. The van der Waals surface area contributed by atoms with Crippen LogP contribution in [0.2, 0.25) is 0 Å². The van der Waals surface area contributed by atoms with Crippen LogP contribution in [0.25, 0.3) is 22.2 Å². The fraction of sp³-hybridized carbons (Fsp3) is 0.296. The van der Waals surface area contributed by atoms with E-state index in [4.69, 9.17) is 0 Å². The molecule has 3 heterocycles. The van der Waals surface area contributed by atoms with Crippen molar-refractivity contribution in [2.75, 3.05) is 13.1 Å². The van der Waals surface area contributed by atoms with Crippen molar-refractivity contribution in [2.45, 2.75) is 26.0 Å². The van der Waals surface area contributed by atoms with Gasteiger partial charge in [0.2, 0.25) is 0 Å². The first-order valence-electron chi connectivity index (χ1n) is 11.4. The third-order valence-corrected chi connectivity index (χ3v) is 7.09. The molecule has 3 atom stereocenters. The Morgan fingerprint density at radius 3 is 2.29 bits per heavy atom. The van der Waals surface area contributed by atoms with Crippen molar-refractivity contribution < 1.29 is 18.3 Å². The minimum Gasteiger partial charge on any atom is -0.384 e. The summed E-state index contributed by atoms with van der Waals surface area (Å²) in [5.74, 6) is -3.05. The van der Waals surface area contributed by atoms with Crippen LogP contribution >= 0.6 is 0 Å². The predicted octanol–water partition coefficient (Wildman–Crippen LogP) is 5.62. The molecule has 5 rings (SSSR count). The molecule has 0 amide bonds. The number of aromatic nitrogens is 2. The fourth-order valence-corrected chi connectivity index (χ4v) is 5.45. The van der Waals surface area contributed by atoms with E-state index in [0.29, 0.717) is 30.8 Å². The smallest absolute Gasteiger partial charge is 0.150 e. The zero-order chi connectivity index (χ0) is 24.0. The predicted molar refractivity (Wildman–Crippen MR) is 125 cm³/mol. The number of likely N-dealkylation sites (tertiary alicyclic amines) is 1. The summed E-state index contributed by atoms with van der Waals surface area (Å²) >= 11 is 0. The lowest BCUT2D eigenvalue weighted by Crippen LogP contribution is -2.54. The molecule has 2 aromatic carbocycles. The molecule has 4 nitrogen and oxygen atoms in total. The van der Waals surface area contributed by atoms with Gasteiger partial charge in [0.05, 0.1) is 10.9 Å². The van der Waals surface area contributed by atoms with Gasteiger partial charge >= 0.3 is 0 Å². The number of hydrogen-bond acceptors (Lipinski definition) is 3. The summed E-state index contributed by atoms with van der Waals surface area (Å²) in [6.45, 7) is 5.34. The molecule has 4 aromatic rings. The third-order valence-electron chi connectivity index (χ3n) is 7.09. The monoisotopic (exact) mass is 465 g/mol. The van der Waals surface area contributed by atoms with Crippen molar-refractivity contribution in [3.63, 3.8) is 0 Å². The molecule has 1 aliphatic rings. The number of halogens is 3. The lowest BCUT2D eigenvalue weighted by atomic mass is 9.70. The maximum atomic E-state index is 15.5. The van der Waals surface area contributed by atoms with E-state index in [1.807, 2.05) is 44.2 Å². The molecule has 176 valence electrons. The number of pyridine rings is 1. The fourth-order valence-electron chi connectivity index (χ4n) is 5.45. The molecule has 1 fully saturated rings. The van der Waals surface area contributed by atoms with Gasteiger partial charge in [0.15, 0.2) is 5.82 Å². The Morgan fingerprint density at radius 2 is 1.65 bits per heavy atom. The standard InChI is InChI=1S/C27H26F3N3O/c1-16-13-33(15-18-6-4-3-5-7-18)14-17(2)27(16,34)25-21(28)10-19(11-22(25)29)20-8-9-31-26-24(20)23(30)12-32-26/h3-12,16-17,34H,13-15H2,1-2H3,(H,31,32)/t16-,17+,27?. The van der Waals surface area contributed by atoms with Crippen LogP contribution in [-0.4, -0.2) is 33.1 Å². The number of benzene rings is 2. The molecule has 34 heavy (non-hydrogen) atoms. The topological polar surface area (TPSA) is 52.1 Å². The third kappa shape index (κ3) is 3.69. The van der Waals surface area contributed by atoms with Crippen molar-refractivity contribution >= 4 is 11.0 Å². The summed E-state index contributed by atoms with van der Waals surface area (Å²) in [5, 5.41) is 11.9. The Hall–Kier alpha value is -3.16. The number of nitrogens with one attached hydrogen (secondary N) is 1. The molecule has 1 aliphatic heterocycles. The lowest BCUT2D eigenvalue weighted by molar-refractivity contribution is -0.118. The lowest BCUT2D eigenvalue weighted by Gasteiger charge is -2.48. The highest BCUT2D eigenvalue weighted by Gasteiger charge is 2.48. The van der Waals surface area contributed by atoms with Crippen molar-refractivity contribution in [1.82, 2.24) is 14.9 Å². The van der Waals surface area contributed by atoms with Crippen LogP contribution in [0, 0.1) is 29.3 Å². The van der Waals surface area contributed by atoms with Gasteiger partial charge in [0, 0.05) is 43.9 Å². The number of hydrogen-bond donors (Lipinski definition) is 2. The average Bonchev–Trinajstić information content (AvgIpc) is 3.19. The van der Waals surface area contributed by atoms with E-state index in [-0.39, 0.29) is 16.5 Å². The van der Waals surface area contributed by atoms with E-state index in [1.54, 1.807) is 0 Å². The minimum absolute atomic E-state index is 0.170. The Bertz CT molecular complexity index is 1300. The highest BCUT2D eigenvalue weighted by molar-refractivity contribution is 5.93. The number of aliphatic hydroxyl groups is 1. The number of nitrogens with zero attached hydrogens (tertiary/aromatic N) is 2. The van der Waals surface area contributed by atoms with Crippen LogP contribution in [0.3, 0.4) is 0 Å². The molecule has 0 aliphatic carbocycles. The molecule has 2 aromatic heterocycles. The Balaban J connectivity index is 1.49. The Labute approximate surface area is 196 Å². The zero-order valence-corrected chi connectivity index (χ0v) is 19.0. The van der Waals surface area contributed by atoms with E-state index in [1.165, 1.54) is 24.4 Å². The van der Waals surface area contributed by atoms with Gasteiger partial charge in [-0.1, -0.05) is 44.2 Å². The Morgan fingerprint density at radius 1 is 1.00 bits per heavy atom. The summed E-state index contributed by atoms with van der Waals surface area (Å²) in [7, 11) is 0. The second-order valence-electron chi connectivity index (χ2n) is 9.34. The highest BCUT2D eigenvalue weighted by atomic mass is 19.1. The summed E-state index contributed by atoms with van der Waals surface area (Å²) in [4.78, 5) is 8.98.